The van der Waals surface area contributed by atoms with Gasteiger partial charge in [-0.15, -0.1) is 0 Å². The van der Waals surface area contributed by atoms with E-state index in [1.165, 1.54) is 17.7 Å². The van der Waals surface area contributed by atoms with E-state index in [4.69, 9.17) is 4.74 Å². The molecule has 0 aliphatic carbocycles. The summed E-state index contributed by atoms with van der Waals surface area (Å²) in [6.07, 6.45) is 2.33. The number of benzene rings is 2. The molecule has 0 unspecified atom stereocenters. The molecule has 1 amide bonds. The zero-order valence-corrected chi connectivity index (χ0v) is 19.4. The van der Waals surface area contributed by atoms with Crippen LogP contribution in [0.25, 0.3) is 0 Å². The normalized spacial score (nSPS) is 22.0. The summed E-state index contributed by atoms with van der Waals surface area (Å²) in [5, 5.41) is 0. The minimum atomic E-state index is -0.426. The molecule has 0 aromatic heterocycles. The number of carbonyl (C=O) groups is 1. The number of piperazine rings is 1. The highest BCUT2D eigenvalue weighted by Crippen LogP contribution is 2.38. The first-order valence-corrected chi connectivity index (χ1v) is 11.5. The molecule has 6 heteroatoms. The Morgan fingerprint density at radius 1 is 1.00 bits per heavy atom. The van der Waals surface area contributed by atoms with Crippen molar-refractivity contribution in [3.63, 3.8) is 0 Å². The van der Waals surface area contributed by atoms with Crippen molar-refractivity contribution in [1.29, 1.82) is 0 Å². The van der Waals surface area contributed by atoms with E-state index in [1.807, 2.05) is 24.3 Å². The number of nitrogens with zero attached hydrogens (tertiary/aromatic N) is 3. The molecule has 0 spiro atoms. The van der Waals surface area contributed by atoms with Gasteiger partial charge in [-0.05, 0) is 81.8 Å². The number of hydrogen-bond donors (Lipinski definition) is 0. The monoisotopic (exact) mass is 439 g/mol. The predicted octanol–water partition coefficient (Wildman–Crippen LogP) is 3.60. The van der Waals surface area contributed by atoms with Crippen LogP contribution in [0.3, 0.4) is 0 Å². The van der Waals surface area contributed by atoms with E-state index in [0.717, 1.165) is 50.3 Å². The van der Waals surface area contributed by atoms with E-state index in [1.54, 1.807) is 7.11 Å². The van der Waals surface area contributed by atoms with Crippen LogP contribution in [0.2, 0.25) is 0 Å². The molecule has 5 nitrogen and oxygen atoms in total. The predicted molar refractivity (Wildman–Crippen MR) is 124 cm³/mol. The first kappa shape index (κ1) is 22.7. The van der Waals surface area contributed by atoms with Gasteiger partial charge in [0, 0.05) is 19.6 Å². The van der Waals surface area contributed by atoms with Crippen LogP contribution in [-0.2, 0) is 11.2 Å². The van der Waals surface area contributed by atoms with Crippen LogP contribution in [0.5, 0.6) is 5.75 Å². The summed E-state index contributed by atoms with van der Waals surface area (Å²) >= 11 is 0. The second-order valence-corrected chi connectivity index (χ2v) is 9.41. The van der Waals surface area contributed by atoms with E-state index in [-0.39, 0.29) is 17.8 Å². The van der Waals surface area contributed by atoms with Crippen molar-refractivity contribution >= 4 is 5.91 Å². The molecule has 2 fully saturated rings. The van der Waals surface area contributed by atoms with Crippen LogP contribution >= 0.6 is 0 Å². The molecule has 2 aliphatic heterocycles. The summed E-state index contributed by atoms with van der Waals surface area (Å²) in [5.74, 6) is 0.852. The second kappa shape index (κ2) is 9.59. The van der Waals surface area contributed by atoms with Crippen molar-refractivity contribution in [2.45, 2.75) is 25.3 Å². The van der Waals surface area contributed by atoms with Gasteiger partial charge < -0.3 is 14.5 Å². The minimum Gasteiger partial charge on any atom is -0.497 e. The van der Waals surface area contributed by atoms with E-state index in [9.17, 15) is 9.18 Å². The SMILES string of the molecule is COc1ccc([C@@H]2CN(C(=O)C3(Cc4ccc(F)cc4)CCN(C)CC3)CCN2C)cc1. The van der Waals surface area contributed by atoms with Crippen LogP contribution in [0.15, 0.2) is 48.5 Å². The summed E-state index contributed by atoms with van der Waals surface area (Å²) in [6, 6.07) is 15.0. The molecule has 0 bridgehead atoms. The molecule has 2 saturated heterocycles. The third kappa shape index (κ3) is 4.81. The molecule has 2 aromatic carbocycles. The second-order valence-electron chi connectivity index (χ2n) is 9.41. The fourth-order valence-corrected chi connectivity index (χ4v) is 5.09. The van der Waals surface area contributed by atoms with Gasteiger partial charge in [0.05, 0.1) is 18.6 Å². The molecule has 2 heterocycles. The van der Waals surface area contributed by atoms with Crippen molar-refractivity contribution in [2.75, 3.05) is 53.9 Å². The Hall–Kier alpha value is -2.44. The molecular weight excluding hydrogens is 405 g/mol. The fourth-order valence-electron chi connectivity index (χ4n) is 5.09. The molecule has 2 aromatic rings. The standard InChI is InChI=1S/C26H34FN3O2/c1-28-14-12-26(13-15-28,18-20-4-8-22(27)9-5-20)25(31)30-17-16-29(2)24(19-30)21-6-10-23(32-3)11-7-21/h4-11,24H,12-19H2,1-3H3/t24-/m0/s1. The number of amides is 1. The van der Waals surface area contributed by atoms with Crippen molar-refractivity contribution in [2.24, 2.45) is 5.41 Å². The smallest absolute Gasteiger partial charge is 0.229 e. The van der Waals surface area contributed by atoms with Crippen LogP contribution < -0.4 is 4.74 Å². The third-order valence-electron chi connectivity index (χ3n) is 7.29. The maximum Gasteiger partial charge on any atom is 0.229 e. The van der Waals surface area contributed by atoms with Gasteiger partial charge in [-0.3, -0.25) is 9.69 Å². The first-order chi connectivity index (χ1) is 15.4. The van der Waals surface area contributed by atoms with Gasteiger partial charge in [0.1, 0.15) is 11.6 Å². The summed E-state index contributed by atoms with van der Waals surface area (Å²) < 4.78 is 18.8. The van der Waals surface area contributed by atoms with Gasteiger partial charge in [-0.25, -0.2) is 4.39 Å². The Labute approximate surface area is 190 Å². The number of likely N-dealkylation sites (tertiary alicyclic amines) is 1. The lowest BCUT2D eigenvalue weighted by Gasteiger charge is -2.46. The molecule has 4 rings (SSSR count). The average Bonchev–Trinajstić information content (AvgIpc) is 2.82. The minimum absolute atomic E-state index is 0.160. The molecule has 0 radical (unpaired) electrons. The van der Waals surface area contributed by atoms with E-state index >= 15 is 0 Å². The third-order valence-corrected chi connectivity index (χ3v) is 7.29. The Morgan fingerprint density at radius 2 is 1.66 bits per heavy atom. The van der Waals surface area contributed by atoms with Crippen LogP contribution in [-0.4, -0.2) is 74.5 Å². The maximum absolute atomic E-state index is 14.0. The molecule has 172 valence electrons. The number of ether oxygens (including phenoxy) is 1. The van der Waals surface area contributed by atoms with Crippen molar-refractivity contribution in [3.05, 3.63) is 65.5 Å². The van der Waals surface area contributed by atoms with E-state index in [2.05, 4.69) is 40.9 Å². The summed E-state index contributed by atoms with van der Waals surface area (Å²) in [5.41, 5.74) is 1.80. The number of methoxy groups -OCH3 is 1. The van der Waals surface area contributed by atoms with Gasteiger partial charge in [-0.2, -0.15) is 0 Å². The van der Waals surface area contributed by atoms with Crippen LogP contribution in [0.4, 0.5) is 4.39 Å². The highest BCUT2D eigenvalue weighted by atomic mass is 19.1. The fraction of sp³-hybridized carbons (Fsp3) is 0.500. The largest absolute Gasteiger partial charge is 0.497 e. The Kier molecular flexibility index (Phi) is 6.82. The zero-order chi connectivity index (χ0) is 22.7. The number of halogens is 1. The Bertz CT molecular complexity index is 908. The van der Waals surface area contributed by atoms with Crippen molar-refractivity contribution in [3.8, 4) is 5.75 Å². The van der Waals surface area contributed by atoms with E-state index < -0.39 is 5.41 Å². The molecule has 1 atom stereocenters. The van der Waals surface area contributed by atoms with Crippen molar-refractivity contribution < 1.29 is 13.9 Å². The Balaban J connectivity index is 1.56. The maximum atomic E-state index is 14.0. The number of likely N-dealkylation sites (N-methyl/N-ethyl adjacent to an activating group) is 1. The Morgan fingerprint density at radius 3 is 2.28 bits per heavy atom. The average molecular weight is 440 g/mol. The van der Waals surface area contributed by atoms with Crippen molar-refractivity contribution in [1.82, 2.24) is 14.7 Å². The number of hydrogen-bond acceptors (Lipinski definition) is 4. The zero-order valence-electron chi connectivity index (χ0n) is 19.4. The number of rotatable bonds is 5. The van der Waals surface area contributed by atoms with Gasteiger partial charge in [0.15, 0.2) is 0 Å². The lowest BCUT2D eigenvalue weighted by molar-refractivity contribution is -0.148. The molecule has 0 saturated carbocycles. The van der Waals surface area contributed by atoms with E-state index in [0.29, 0.717) is 13.0 Å². The molecular formula is C26H34FN3O2. The lowest BCUT2D eigenvalue weighted by Crippen LogP contribution is -2.56. The topological polar surface area (TPSA) is 36.0 Å². The summed E-state index contributed by atoms with van der Waals surface area (Å²) in [4.78, 5) is 20.7. The number of piperidine rings is 1. The molecule has 0 N–H and O–H groups in total. The highest BCUT2D eigenvalue weighted by molar-refractivity contribution is 5.83. The first-order valence-electron chi connectivity index (χ1n) is 11.5. The summed E-state index contributed by atoms with van der Waals surface area (Å²) in [6.45, 7) is 4.08. The van der Waals surface area contributed by atoms with Gasteiger partial charge in [-0.1, -0.05) is 24.3 Å². The molecule has 2 aliphatic rings. The van der Waals surface area contributed by atoms with Gasteiger partial charge in [0.25, 0.3) is 0 Å². The van der Waals surface area contributed by atoms with Crippen LogP contribution in [0, 0.1) is 11.2 Å². The quantitative estimate of drug-likeness (QED) is 0.713. The lowest BCUT2D eigenvalue weighted by atomic mass is 9.72. The highest BCUT2D eigenvalue weighted by Gasteiger charge is 2.44. The van der Waals surface area contributed by atoms with Crippen LogP contribution in [0.1, 0.15) is 30.0 Å². The van der Waals surface area contributed by atoms with Gasteiger partial charge >= 0.3 is 0 Å². The molecule has 32 heavy (non-hydrogen) atoms. The van der Waals surface area contributed by atoms with Gasteiger partial charge in [0.2, 0.25) is 5.91 Å². The number of carbonyl (C=O) groups excluding carboxylic acids is 1. The summed E-state index contributed by atoms with van der Waals surface area (Å²) in [7, 11) is 5.91.